The van der Waals surface area contributed by atoms with E-state index in [1.807, 2.05) is 12.1 Å². The number of hydrogen-bond acceptors (Lipinski definition) is 2. The van der Waals surface area contributed by atoms with E-state index in [4.69, 9.17) is 9.97 Å². The van der Waals surface area contributed by atoms with Gasteiger partial charge < -0.3 is 4.57 Å². The molecular weight excluding hydrogens is 681 g/mol. The first-order valence-electron chi connectivity index (χ1n) is 19.1. The van der Waals surface area contributed by atoms with Gasteiger partial charge in [-0.05, 0) is 75.8 Å². The van der Waals surface area contributed by atoms with Crippen molar-refractivity contribution < 1.29 is 0 Å². The van der Waals surface area contributed by atoms with Gasteiger partial charge in [0.1, 0.15) is 5.69 Å². The second kappa shape index (κ2) is 12.0. The molecule has 0 aliphatic rings. The Kier molecular flexibility index (Phi) is 6.60. The van der Waals surface area contributed by atoms with Crippen LogP contribution in [0.4, 0.5) is 0 Å². The Labute approximate surface area is 322 Å². The topological polar surface area (TPSA) is 35.6 Å². The van der Waals surface area contributed by atoms with Crippen molar-refractivity contribution in [2.45, 2.75) is 0 Å². The summed E-state index contributed by atoms with van der Waals surface area (Å²) in [7, 11) is 0. The summed E-state index contributed by atoms with van der Waals surface area (Å²) in [5, 5.41) is 9.69. The second-order valence-corrected chi connectivity index (χ2v) is 14.6. The number of fused-ring (bicyclic) bond motifs is 10. The van der Waals surface area contributed by atoms with Crippen LogP contribution in [-0.4, -0.2) is 19.1 Å². The fraction of sp³-hybridized carbons (Fsp3) is 0. The summed E-state index contributed by atoms with van der Waals surface area (Å²) in [4.78, 5) is 10.8. The minimum Gasteiger partial charge on any atom is -0.309 e. The highest BCUT2D eigenvalue weighted by Crippen LogP contribution is 2.41. The Morgan fingerprint density at radius 2 is 0.929 bits per heavy atom. The summed E-state index contributed by atoms with van der Waals surface area (Å²) < 4.78 is 4.79. The fourth-order valence-electron chi connectivity index (χ4n) is 8.85. The average molecular weight is 713 g/mol. The zero-order valence-corrected chi connectivity index (χ0v) is 30.3. The second-order valence-electron chi connectivity index (χ2n) is 14.6. The van der Waals surface area contributed by atoms with Crippen LogP contribution in [0.15, 0.2) is 194 Å². The zero-order chi connectivity index (χ0) is 36.7. The highest BCUT2D eigenvalue weighted by molar-refractivity contribution is 6.19. The highest BCUT2D eigenvalue weighted by atomic mass is 15.1. The maximum atomic E-state index is 5.44. The van der Waals surface area contributed by atoms with Crippen LogP contribution in [0.25, 0.3) is 110 Å². The van der Waals surface area contributed by atoms with E-state index in [9.17, 15) is 0 Å². The summed E-state index contributed by atoms with van der Waals surface area (Å²) in [5.41, 5.74) is 11.6. The molecule has 3 aromatic heterocycles. The Bertz CT molecular complexity index is 3520. The van der Waals surface area contributed by atoms with Gasteiger partial charge in [0.15, 0.2) is 5.82 Å². The van der Waals surface area contributed by atoms with Crippen LogP contribution in [-0.2, 0) is 0 Å². The van der Waals surface area contributed by atoms with Crippen LogP contribution >= 0.6 is 0 Å². The molecule has 9 aromatic carbocycles. The third-order valence-corrected chi connectivity index (χ3v) is 11.5. The summed E-state index contributed by atoms with van der Waals surface area (Å²) in [6.45, 7) is 0. The molecule has 12 aromatic rings. The van der Waals surface area contributed by atoms with Gasteiger partial charge in [-0.2, -0.15) is 0 Å². The smallest absolute Gasteiger partial charge is 0.165 e. The Hall–Kier alpha value is -7.56. The number of hydrogen-bond donors (Lipinski definition) is 0. The Morgan fingerprint density at radius 3 is 1.75 bits per heavy atom. The van der Waals surface area contributed by atoms with E-state index in [1.54, 1.807) is 0 Å². The third kappa shape index (κ3) is 4.60. The SMILES string of the molecule is c1ccc(-c2ccc(-c3nc4ccccc4nc3-n3c4ccc(-n5c6ccccc6c6ccc7ccccc7c65)cc4c4cc5ccccc5cc43)cc2)cc1. The van der Waals surface area contributed by atoms with Crippen molar-refractivity contribution in [3.8, 4) is 33.9 Å². The molecule has 4 nitrogen and oxygen atoms in total. The third-order valence-electron chi connectivity index (χ3n) is 11.5. The lowest BCUT2D eigenvalue weighted by Crippen LogP contribution is -2.04. The molecule has 56 heavy (non-hydrogen) atoms. The standard InChI is InChI=1S/C52H32N4/c1-2-12-33(13-3-1)34-22-24-36(25-23-34)50-52(54-46-20-10-9-19-45(46)53-50)56-48-29-27-39(32-44(48)43-30-37-15-4-5-16-38(37)31-49(43)56)55-47-21-11-8-18-41(47)42-28-26-35-14-6-7-17-40(35)51(42)55/h1-32H. The van der Waals surface area contributed by atoms with Gasteiger partial charge in [0.05, 0.1) is 33.1 Å². The van der Waals surface area contributed by atoms with Crippen LogP contribution in [0.2, 0.25) is 0 Å². The van der Waals surface area contributed by atoms with Crippen LogP contribution in [0.3, 0.4) is 0 Å². The molecule has 0 fully saturated rings. The Morgan fingerprint density at radius 1 is 0.321 bits per heavy atom. The van der Waals surface area contributed by atoms with E-state index in [0.717, 1.165) is 50.2 Å². The van der Waals surface area contributed by atoms with Crippen LogP contribution in [0.1, 0.15) is 0 Å². The van der Waals surface area contributed by atoms with Gasteiger partial charge in [0.2, 0.25) is 0 Å². The number of para-hydroxylation sites is 3. The van der Waals surface area contributed by atoms with E-state index in [-0.39, 0.29) is 0 Å². The molecule has 0 amide bonds. The number of benzene rings is 9. The number of aromatic nitrogens is 4. The number of nitrogens with zero attached hydrogens (tertiary/aromatic N) is 4. The first kappa shape index (κ1) is 30.9. The predicted molar refractivity (Wildman–Crippen MR) is 234 cm³/mol. The molecule has 3 heterocycles. The van der Waals surface area contributed by atoms with E-state index in [0.29, 0.717) is 0 Å². The Balaban J connectivity index is 1.16. The molecule has 4 heteroatoms. The first-order chi connectivity index (χ1) is 27.8. The molecular formula is C52H32N4. The molecule has 0 aliphatic heterocycles. The molecule has 0 unspecified atom stereocenters. The van der Waals surface area contributed by atoms with Crippen molar-refractivity contribution >= 4 is 76.2 Å². The van der Waals surface area contributed by atoms with Crippen LogP contribution in [0, 0.1) is 0 Å². The molecule has 0 saturated heterocycles. The van der Waals surface area contributed by atoms with E-state index in [2.05, 4.69) is 191 Å². The van der Waals surface area contributed by atoms with Crippen molar-refractivity contribution in [1.29, 1.82) is 0 Å². The van der Waals surface area contributed by atoms with Gasteiger partial charge in [0, 0.05) is 38.2 Å². The minimum absolute atomic E-state index is 0.807. The van der Waals surface area contributed by atoms with Crippen molar-refractivity contribution in [3.63, 3.8) is 0 Å². The maximum Gasteiger partial charge on any atom is 0.165 e. The lowest BCUT2D eigenvalue weighted by molar-refractivity contribution is 1.08. The van der Waals surface area contributed by atoms with Crippen LogP contribution < -0.4 is 0 Å². The van der Waals surface area contributed by atoms with Crippen molar-refractivity contribution in [1.82, 2.24) is 19.1 Å². The molecule has 0 aliphatic carbocycles. The minimum atomic E-state index is 0.807. The van der Waals surface area contributed by atoms with Crippen molar-refractivity contribution in [2.75, 3.05) is 0 Å². The summed E-state index contributed by atoms with van der Waals surface area (Å²) in [5.74, 6) is 0.807. The quantitative estimate of drug-likeness (QED) is 0.182. The van der Waals surface area contributed by atoms with E-state index in [1.165, 1.54) is 59.9 Å². The molecule has 0 N–H and O–H groups in total. The average Bonchev–Trinajstić information content (AvgIpc) is 3.77. The molecule has 0 atom stereocenters. The molecule has 0 bridgehead atoms. The lowest BCUT2D eigenvalue weighted by Gasteiger charge is -2.15. The first-order valence-corrected chi connectivity index (χ1v) is 19.1. The lowest BCUT2D eigenvalue weighted by atomic mass is 10.0. The normalized spacial score (nSPS) is 11.9. The monoisotopic (exact) mass is 712 g/mol. The molecule has 12 rings (SSSR count). The van der Waals surface area contributed by atoms with Crippen molar-refractivity contribution in [3.05, 3.63) is 194 Å². The molecule has 0 radical (unpaired) electrons. The number of rotatable bonds is 4. The van der Waals surface area contributed by atoms with Gasteiger partial charge in [-0.15, -0.1) is 0 Å². The molecule has 0 spiro atoms. The van der Waals surface area contributed by atoms with Crippen molar-refractivity contribution in [2.24, 2.45) is 0 Å². The van der Waals surface area contributed by atoms with E-state index >= 15 is 0 Å². The summed E-state index contributed by atoms with van der Waals surface area (Å²) in [6, 6.07) is 69.6. The van der Waals surface area contributed by atoms with E-state index < -0.39 is 0 Å². The van der Waals surface area contributed by atoms with Gasteiger partial charge in [-0.3, -0.25) is 4.57 Å². The van der Waals surface area contributed by atoms with Gasteiger partial charge >= 0.3 is 0 Å². The predicted octanol–water partition coefficient (Wildman–Crippen LogP) is 13.5. The summed E-state index contributed by atoms with van der Waals surface area (Å²) in [6.07, 6.45) is 0. The fourth-order valence-corrected chi connectivity index (χ4v) is 8.85. The summed E-state index contributed by atoms with van der Waals surface area (Å²) >= 11 is 0. The molecule has 0 saturated carbocycles. The largest absolute Gasteiger partial charge is 0.309 e. The highest BCUT2D eigenvalue weighted by Gasteiger charge is 2.22. The van der Waals surface area contributed by atoms with Gasteiger partial charge in [-0.25, -0.2) is 9.97 Å². The van der Waals surface area contributed by atoms with Gasteiger partial charge in [0.25, 0.3) is 0 Å². The maximum absolute atomic E-state index is 5.44. The molecule has 260 valence electrons. The van der Waals surface area contributed by atoms with Crippen LogP contribution in [0.5, 0.6) is 0 Å². The van der Waals surface area contributed by atoms with Gasteiger partial charge in [-0.1, -0.05) is 146 Å². The zero-order valence-electron chi connectivity index (χ0n) is 30.3.